The van der Waals surface area contributed by atoms with Crippen molar-refractivity contribution in [3.8, 4) is 0 Å². The van der Waals surface area contributed by atoms with Gasteiger partial charge in [0.2, 0.25) is 0 Å². The number of hydrogen-bond donors (Lipinski definition) is 0. The SMILES string of the molecule is CC(C)(C)N=C(c1ccccc1)N(C(C)(C)C)[Si@@]12c3ccc4c5c(ccc(c35)[Si-]13(OC2(c1ccccc1)c1ccccc1)N(C(C)(C)C)C(c1ccccc1)=[N+]3C(C)(C)C)CC4. The molecular formula is C55H64N4OSi2. The van der Waals surface area contributed by atoms with Gasteiger partial charge in [-0.1, -0.05) is 0 Å². The van der Waals surface area contributed by atoms with Gasteiger partial charge in [-0.2, -0.15) is 0 Å². The van der Waals surface area contributed by atoms with Gasteiger partial charge >= 0.3 is 373 Å². The van der Waals surface area contributed by atoms with Crippen molar-refractivity contribution in [1.82, 2.24) is 9.13 Å². The number of amidine groups is 2. The van der Waals surface area contributed by atoms with Crippen LogP contribution in [0, 0.1) is 0 Å². The summed E-state index contributed by atoms with van der Waals surface area (Å²) >= 11 is 0. The van der Waals surface area contributed by atoms with E-state index in [0.29, 0.717) is 0 Å². The zero-order valence-corrected chi connectivity index (χ0v) is 41.0. The van der Waals surface area contributed by atoms with Gasteiger partial charge in [0.15, 0.2) is 0 Å². The summed E-state index contributed by atoms with van der Waals surface area (Å²) in [4.78, 5) is 6.01. The molecule has 0 N–H and O–H groups in total. The molecule has 7 heteroatoms. The average molecular weight is 853 g/mol. The summed E-state index contributed by atoms with van der Waals surface area (Å²) in [6.07, 6.45) is 2.12. The Morgan fingerprint density at radius 2 is 1.13 bits per heavy atom. The van der Waals surface area contributed by atoms with Crippen molar-refractivity contribution in [3.63, 3.8) is 0 Å². The molecule has 1 saturated heterocycles. The molecule has 6 aromatic rings. The molecule has 0 saturated carbocycles. The molecule has 3 aliphatic heterocycles. The molecule has 3 heterocycles. The Kier molecular flexibility index (Phi) is 8.58. The molecule has 0 radical (unpaired) electrons. The molecule has 10 rings (SSSR count). The van der Waals surface area contributed by atoms with Crippen LogP contribution in [0.2, 0.25) is 0 Å². The molecule has 318 valence electrons. The van der Waals surface area contributed by atoms with Gasteiger partial charge in [0.1, 0.15) is 0 Å². The monoisotopic (exact) mass is 852 g/mol. The first kappa shape index (κ1) is 41.0. The molecule has 1 fully saturated rings. The van der Waals surface area contributed by atoms with Crippen molar-refractivity contribution in [1.29, 1.82) is 0 Å². The van der Waals surface area contributed by atoms with Crippen molar-refractivity contribution in [2.45, 2.75) is 123 Å². The molecule has 62 heavy (non-hydrogen) atoms. The van der Waals surface area contributed by atoms with Crippen LogP contribution in [0.3, 0.4) is 0 Å². The molecule has 0 unspecified atom stereocenters. The molecule has 0 amide bonds. The van der Waals surface area contributed by atoms with Crippen molar-refractivity contribution >= 4 is 48.0 Å². The molecule has 1 aliphatic carbocycles. The van der Waals surface area contributed by atoms with E-state index in [1.807, 2.05) is 0 Å². The van der Waals surface area contributed by atoms with Gasteiger partial charge in [0.25, 0.3) is 0 Å². The van der Waals surface area contributed by atoms with Crippen molar-refractivity contribution < 1.29 is 8.67 Å². The minimum atomic E-state index is -4.71. The topological polar surface area (TPSA) is 31.1 Å². The van der Waals surface area contributed by atoms with Crippen LogP contribution >= 0.6 is 0 Å². The van der Waals surface area contributed by atoms with E-state index in [2.05, 4.69) is 242 Å². The van der Waals surface area contributed by atoms with Crippen LogP contribution in [0.25, 0.3) is 10.8 Å². The Hall–Kier alpha value is -5.09. The number of fused-ring (bicyclic) bond motifs is 1. The third kappa shape index (κ3) is 4.88. The summed E-state index contributed by atoms with van der Waals surface area (Å²) in [6.45, 7) is 28.8. The molecule has 0 bridgehead atoms. The Bertz CT molecular complexity index is 2780. The third-order valence-electron chi connectivity index (χ3n) is 14.1. The first-order valence-corrected chi connectivity index (χ1v) is 28.0. The van der Waals surface area contributed by atoms with Gasteiger partial charge in [0.05, 0.1) is 0 Å². The first-order valence-electron chi connectivity index (χ1n) is 22.8. The Labute approximate surface area is 371 Å². The van der Waals surface area contributed by atoms with E-state index in [1.165, 1.54) is 54.8 Å². The molecule has 5 nitrogen and oxygen atoms in total. The number of hydrogen-bond acceptors (Lipinski definition) is 3. The van der Waals surface area contributed by atoms with Gasteiger partial charge in [-0.3, -0.25) is 0 Å². The molecule has 0 aromatic heterocycles. The Morgan fingerprint density at radius 1 is 0.629 bits per heavy atom. The summed E-state index contributed by atoms with van der Waals surface area (Å²) in [7, 11) is -8.46. The molecular weight excluding hydrogens is 789 g/mol. The zero-order chi connectivity index (χ0) is 43.9. The third-order valence-corrected chi connectivity index (χ3v) is 34.4. The number of aryl methyl sites for hydroxylation is 2. The number of benzene rings is 6. The summed E-state index contributed by atoms with van der Waals surface area (Å²) in [6, 6.07) is 55.2. The molecule has 4 aliphatic rings. The predicted molar refractivity (Wildman–Crippen MR) is 263 cm³/mol. The number of aliphatic imine (C=N–C) groups is 1. The minimum absolute atomic E-state index is 0.369. The quantitative estimate of drug-likeness (QED) is 0.0984. The van der Waals surface area contributed by atoms with Crippen molar-refractivity contribution in [3.05, 3.63) is 179 Å². The summed E-state index contributed by atoms with van der Waals surface area (Å²) in [5.41, 5.74) is 6.09. The van der Waals surface area contributed by atoms with E-state index in [4.69, 9.17) is 4.99 Å². The molecule has 6 aromatic carbocycles. The van der Waals surface area contributed by atoms with Crippen molar-refractivity contribution in [2.24, 2.45) is 4.99 Å². The van der Waals surface area contributed by atoms with Crippen LogP contribution in [-0.2, 0) is 22.5 Å². The first-order chi connectivity index (χ1) is 29.2. The second-order valence-corrected chi connectivity index (χ2v) is 34.0. The van der Waals surface area contributed by atoms with Gasteiger partial charge in [-0.15, -0.1) is 0 Å². The number of rotatable bonds is 5. The van der Waals surface area contributed by atoms with Crippen molar-refractivity contribution in [2.75, 3.05) is 0 Å². The van der Waals surface area contributed by atoms with Gasteiger partial charge in [-0.05, 0) is 0 Å². The Morgan fingerprint density at radius 3 is 1.61 bits per heavy atom. The van der Waals surface area contributed by atoms with Gasteiger partial charge in [-0.25, -0.2) is 0 Å². The van der Waals surface area contributed by atoms with Gasteiger partial charge in [0, 0.05) is 0 Å². The van der Waals surface area contributed by atoms with E-state index < -0.39 is 31.5 Å². The van der Waals surface area contributed by atoms with Crippen LogP contribution < -0.4 is 10.4 Å². The fourth-order valence-corrected chi connectivity index (χ4v) is 42.2. The predicted octanol–water partition coefficient (Wildman–Crippen LogP) is 10.5. The average Bonchev–Trinajstić information content (AvgIpc) is 3.69. The van der Waals surface area contributed by atoms with E-state index in [0.717, 1.165) is 24.2 Å². The summed E-state index contributed by atoms with van der Waals surface area (Å²) < 4.78 is 18.0. The van der Waals surface area contributed by atoms with Crippen LogP contribution in [0.5, 0.6) is 0 Å². The van der Waals surface area contributed by atoms with Gasteiger partial charge < -0.3 is 0 Å². The van der Waals surface area contributed by atoms with E-state index in [-0.39, 0.29) is 11.1 Å². The summed E-state index contributed by atoms with van der Waals surface area (Å²) in [5.74, 6) is 2.30. The van der Waals surface area contributed by atoms with E-state index >= 15 is 0 Å². The molecule has 1 spiro atoms. The van der Waals surface area contributed by atoms with Crippen LogP contribution in [0.1, 0.15) is 116 Å². The van der Waals surface area contributed by atoms with Crippen LogP contribution in [0.15, 0.2) is 151 Å². The van der Waals surface area contributed by atoms with E-state index in [9.17, 15) is 4.43 Å². The maximum absolute atomic E-state index is 9.18. The molecule has 1 atom stereocenters. The second-order valence-electron chi connectivity index (χ2n) is 22.3. The van der Waals surface area contributed by atoms with Crippen LogP contribution in [0.4, 0.5) is 0 Å². The zero-order valence-electron chi connectivity index (χ0n) is 39.0. The second kappa shape index (κ2) is 13.0. The normalized spacial score (nSPS) is 21.6. The fourth-order valence-electron chi connectivity index (χ4n) is 13.0. The number of nitrogens with zero attached hydrogens (tertiary/aromatic N) is 4. The van der Waals surface area contributed by atoms with E-state index in [1.54, 1.807) is 0 Å². The van der Waals surface area contributed by atoms with Crippen LogP contribution in [-0.4, -0.2) is 62.4 Å². The Balaban J connectivity index is 1.57. The summed E-state index contributed by atoms with van der Waals surface area (Å²) in [5, 5.41) is 4.91. The fraction of sp³-hybridized carbons (Fsp3) is 0.345. The standard InChI is InChI=1S/C55H64N4OSi2/c1-51(2,3)56-49(41-25-17-13-18-26-41)57(52(4,5)6)61-45-37-35-39-33-34-40-36-38-46(48(45)47(39)40)62(61,60-55(61,43-29-21-15-22-30-43)44-31-23-16-24-32-44)58(53(7,8)9)50(59(62)54(10,11)12)42-27-19-14-20-28-42/h13-32,35-38H,33-34H2,1-12H3/t61-/m0/s1. The maximum atomic E-state index is 9.18.